The Morgan fingerprint density at radius 1 is 1.33 bits per heavy atom. The summed E-state index contributed by atoms with van der Waals surface area (Å²) in [5, 5.41) is 7.57. The van der Waals surface area contributed by atoms with Crippen LogP contribution in [0.4, 0.5) is 10.5 Å². The quantitative estimate of drug-likeness (QED) is 0.799. The van der Waals surface area contributed by atoms with E-state index in [1.165, 1.54) is 7.05 Å². The van der Waals surface area contributed by atoms with Gasteiger partial charge in [-0.25, -0.2) is 4.79 Å². The molecule has 0 spiro atoms. The maximum atomic E-state index is 11.6. The lowest BCUT2D eigenvalue weighted by atomic mass is 10.2. The second-order valence-electron chi connectivity index (χ2n) is 3.90. The van der Waals surface area contributed by atoms with E-state index in [9.17, 15) is 9.59 Å². The van der Waals surface area contributed by atoms with Crippen molar-refractivity contribution in [1.82, 2.24) is 10.6 Å². The van der Waals surface area contributed by atoms with Gasteiger partial charge in [-0.05, 0) is 37.6 Å². The van der Waals surface area contributed by atoms with Gasteiger partial charge in [0.15, 0.2) is 0 Å². The van der Waals surface area contributed by atoms with E-state index in [0.717, 1.165) is 15.7 Å². The van der Waals surface area contributed by atoms with Crippen molar-refractivity contribution in [2.24, 2.45) is 0 Å². The zero-order valence-corrected chi connectivity index (χ0v) is 12.1. The second-order valence-corrected chi connectivity index (χ2v) is 4.75. The monoisotopic (exact) mass is 313 g/mol. The van der Waals surface area contributed by atoms with Gasteiger partial charge in [-0.3, -0.25) is 10.1 Å². The van der Waals surface area contributed by atoms with Gasteiger partial charge >= 0.3 is 6.03 Å². The number of aryl methyl sites for hydroxylation is 1. The third-order valence-corrected chi connectivity index (χ3v) is 3.29. The molecular formula is C12H16BrN3O2. The topological polar surface area (TPSA) is 70.2 Å². The van der Waals surface area contributed by atoms with Crippen molar-refractivity contribution in [1.29, 1.82) is 0 Å². The number of benzene rings is 1. The summed E-state index contributed by atoms with van der Waals surface area (Å²) in [7, 11) is 1.46. The summed E-state index contributed by atoms with van der Waals surface area (Å²) in [4.78, 5) is 22.6. The Bertz CT molecular complexity index is 463. The van der Waals surface area contributed by atoms with Gasteiger partial charge in [0.25, 0.3) is 0 Å². The SMILES string of the molecule is CNC(=O)NC(=O)C(C)Nc1ccc(Br)c(C)c1. The van der Waals surface area contributed by atoms with Gasteiger partial charge in [-0.1, -0.05) is 15.9 Å². The molecule has 0 bridgehead atoms. The third kappa shape index (κ3) is 4.03. The van der Waals surface area contributed by atoms with Gasteiger partial charge in [0.05, 0.1) is 0 Å². The van der Waals surface area contributed by atoms with Crippen molar-refractivity contribution >= 4 is 33.6 Å². The van der Waals surface area contributed by atoms with Crippen LogP contribution in [0.3, 0.4) is 0 Å². The van der Waals surface area contributed by atoms with Crippen molar-refractivity contribution in [2.45, 2.75) is 19.9 Å². The van der Waals surface area contributed by atoms with E-state index < -0.39 is 12.1 Å². The predicted octanol–water partition coefficient (Wildman–Crippen LogP) is 2.01. The van der Waals surface area contributed by atoms with Crippen molar-refractivity contribution in [3.63, 3.8) is 0 Å². The molecule has 0 saturated carbocycles. The van der Waals surface area contributed by atoms with E-state index >= 15 is 0 Å². The number of nitrogens with one attached hydrogen (secondary N) is 3. The molecule has 0 aliphatic rings. The normalized spacial score (nSPS) is 11.6. The molecule has 0 saturated heterocycles. The molecule has 0 aromatic heterocycles. The minimum atomic E-state index is -0.513. The smallest absolute Gasteiger partial charge is 0.321 e. The van der Waals surface area contributed by atoms with Gasteiger partial charge in [0.2, 0.25) is 5.91 Å². The minimum Gasteiger partial charge on any atom is -0.374 e. The minimum absolute atomic E-state index is 0.380. The van der Waals surface area contributed by atoms with Crippen LogP contribution in [0.15, 0.2) is 22.7 Å². The van der Waals surface area contributed by atoms with E-state index in [0.29, 0.717) is 0 Å². The molecule has 1 atom stereocenters. The van der Waals surface area contributed by atoms with Crippen molar-refractivity contribution in [3.8, 4) is 0 Å². The molecule has 1 rings (SSSR count). The number of hydrogen-bond acceptors (Lipinski definition) is 3. The van der Waals surface area contributed by atoms with Crippen LogP contribution in [-0.2, 0) is 4.79 Å². The zero-order valence-electron chi connectivity index (χ0n) is 10.5. The predicted molar refractivity (Wildman–Crippen MR) is 74.6 cm³/mol. The van der Waals surface area contributed by atoms with E-state index in [-0.39, 0.29) is 5.91 Å². The first-order valence-corrected chi connectivity index (χ1v) is 6.28. The molecule has 3 amide bonds. The fraction of sp³-hybridized carbons (Fsp3) is 0.333. The summed E-state index contributed by atoms with van der Waals surface area (Å²) < 4.78 is 1.01. The lowest BCUT2D eigenvalue weighted by Crippen LogP contribution is -2.44. The van der Waals surface area contributed by atoms with E-state index in [2.05, 4.69) is 31.9 Å². The highest BCUT2D eigenvalue weighted by molar-refractivity contribution is 9.10. The van der Waals surface area contributed by atoms with Crippen molar-refractivity contribution in [3.05, 3.63) is 28.2 Å². The van der Waals surface area contributed by atoms with Crippen LogP contribution in [0.2, 0.25) is 0 Å². The Balaban J connectivity index is 2.63. The molecule has 98 valence electrons. The van der Waals surface area contributed by atoms with Gasteiger partial charge < -0.3 is 10.6 Å². The summed E-state index contributed by atoms with van der Waals surface area (Å²) in [6.45, 7) is 3.65. The Morgan fingerprint density at radius 3 is 2.56 bits per heavy atom. The number of rotatable bonds is 3. The van der Waals surface area contributed by atoms with Gasteiger partial charge in [0, 0.05) is 17.2 Å². The summed E-state index contributed by atoms with van der Waals surface area (Å²) in [6.07, 6.45) is 0. The van der Waals surface area contributed by atoms with Crippen molar-refractivity contribution < 1.29 is 9.59 Å². The van der Waals surface area contributed by atoms with E-state index in [1.807, 2.05) is 25.1 Å². The highest BCUT2D eigenvalue weighted by Gasteiger charge is 2.14. The number of carbonyl (C=O) groups is 2. The molecule has 18 heavy (non-hydrogen) atoms. The molecule has 0 aliphatic carbocycles. The number of hydrogen-bond donors (Lipinski definition) is 3. The molecule has 1 aromatic rings. The molecule has 5 nitrogen and oxygen atoms in total. The first-order valence-electron chi connectivity index (χ1n) is 5.49. The fourth-order valence-corrected chi connectivity index (χ4v) is 1.58. The zero-order chi connectivity index (χ0) is 13.7. The molecular weight excluding hydrogens is 298 g/mol. The first-order chi connectivity index (χ1) is 8.43. The van der Waals surface area contributed by atoms with Crippen LogP contribution in [0.5, 0.6) is 0 Å². The largest absolute Gasteiger partial charge is 0.374 e. The third-order valence-electron chi connectivity index (χ3n) is 2.40. The maximum Gasteiger partial charge on any atom is 0.321 e. The van der Waals surface area contributed by atoms with Crippen LogP contribution >= 0.6 is 15.9 Å². The van der Waals surface area contributed by atoms with Crippen LogP contribution in [0.1, 0.15) is 12.5 Å². The van der Waals surface area contributed by atoms with Crippen LogP contribution in [-0.4, -0.2) is 25.0 Å². The molecule has 1 aromatic carbocycles. The molecule has 3 N–H and O–H groups in total. The highest BCUT2D eigenvalue weighted by atomic mass is 79.9. The van der Waals surface area contributed by atoms with Crippen LogP contribution in [0, 0.1) is 6.92 Å². The number of halogens is 1. The van der Waals surface area contributed by atoms with Gasteiger partial charge in [0.1, 0.15) is 6.04 Å². The number of urea groups is 1. The standard InChI is InChI=1S/C12H16BrN3O2/c1-7-6-9(4-5-10(7)13)15-8(2)11(17)16-12(18)14-3/h4-6,8,15H,1-3H3,(H2,14,16,17,18). The highest BCUT2D eigenvalue weighted by Crippen LogP contribution is 2.20. The van der Waals surface area contributed by atoms with Gasteiger partial charge in [-0.2, -0.15) is 0 Å². The average molecular weight is 314 g/mol. The Hall–Kier alpha value is -1.56. The molecule has 0 fully saturated rings. The molecule has 6 heteroatoms. The van der Waals surface area contributed by atoms with Crippen LogP contribution < -0.4 is 16.0 Å². The average Bonchev–Trinajstić information content (AvgIpc) is 2.33. The lowest BCUT2D eigenvalue weighted by molar-refractivity contribution is -0.120. The summed E-state index contributed by atoms with van der Waals surface area (Å²) >= 11 is 3.41. The maximum absolute atomic E-state index is 11.6. The van der Waals surface area contributed by atoms with Gasteiger partial charge in [-0.15, -0.1) is 0 Å². The molecule has 1 unspecified atom stereocenters. The number of imide groups is 1. The molecule has 0 radical (unpaired) electrons. The fourth-order valence-electron chi connectivity index (χ4n) is 1.33. The number of anilines is 1. The van der Waals surface area contributed by atoms with E-state index in [4.69, 9.17) is 0 Å². The Kier molecular flexibility index (Phi) is 5.15. The molecule has 0 heterocycles. The Morgan fingerprint density at radius 2 is 2.00 bits per heavy atom. The van der Waals surface area contributed by atoms with Crippen molar-refractivity contribution in [2.75, 3.05) is 12.4 Å². The summed E-state index contributed by atoms with van der Waals surface area (Å²) in [5.41, 5.74) is 1.90. The Labute approximate surface area is 114 Å². The number of amides is 3. The lowest BCUT2D eigenvalue weighted by Gasteiger charge is -2.15. The molecule has 0 aliphatic heterocycles. The number of carbonyl (C=O) groups excluding carboxylic acids is 2. The second kappa shape index (κ2) is 6.39. The van der Waals surface area contributed by atoms with E-state index in [1.54, 1.807) is 6.92 Å². The summed E-state index contributed by atoms with van der Waals surface area (Å²) in [6, 6.07) is 4.68. The van der Waals surface area contributed by atoms with Crippen LogP contribution in [0.25, 0.3) is 0 Å². The first kappa shape index (κ1) is 14.5. The summed E-state index contributed by atoms with van der Waals surface area (Å²) in [5.74, 6) is -0.380.